The normalized spacial score (nSPS) is 17.5. The molecule has 0 radical (unpaired) electrons. The number of rotatable bonds is 4. The summed E-state index contributed by atoms with van der Waals surface area (Å²) in [4.78, 5) is 15.8. The van der Waals surface area contributed by atoms with Crippen molar-refractivity contribution in [2.45, 2.75) is 24.8 Å². The minimum Gasteiger partial charge on any atom is -0.333 e. The van der Waals surface area contributed by atoms with Gasteiger partial charge in [0, 0.05) is 25.2 Å². The average Bonchev–Trinajstić information content (AvgIpc) is 3.14. The monoisotopic (exact) mass is 335 g/mol. The summed E-state index contributed by atoms with van der Waals surface area (Å²) in [6.07, 6.45) is 5.97. The molecule has 126 valence electrons. The summed E-state index contributed by atoms with van der Waals surface area (Å²) in [5.74, 6) is 0.501. The van der Waals surface area contributed by atoms with Crippen LogP contribution in [0.3, 0.4) is 0 Å². The van der Waals surface area contributed by atoms with Crippen LogP contribution in [0.5, 0.6) is 0 Å². The van der Waals surface area contributed by atoms with Gasteiger partial charge in [-0.25, -0.2) is 4.68 Å². The van der Waals surface area contributed by atoms with E-state index in [-0.39, 0.29) is 11.9 Å². The van der Waals surface area contributed by atoms with E-state index in [0.717, 1.165) is 11.4 Å². The van der Waals surface area contributed by atoms with Gasteiger partial charge in [-0.15, -0.1) is 10.2 Å². The Morgan fingerprint density at radius 2 is 1.92 bits per heavy atom. The zero-order chi connectivity index (χ0) is 16.8. The van der Waals surface area contributed by atoms with Crippen LogP contribution < -0.4 is 0 Å². The molecule has 1 saturated carbocycles. The number of carbonyl (C=O) groups excluding carboxylic acids is 1. The van der Waals surface area contributed by atoms with Crippen LogP contribution in [0.1, 0.15) is 41.0 Å². The molecular weight excluding hydrogens is 318 g/mol. The Morgan fingerprint density at radius 3 is 2.68 bits per heavy atom. The first kappa shape index (κ1) is 14.3. The van der Waals surface area contributed by atoms with E-state index in [9.17, 15) is 4.79 Å². The van der Waals surface area contributed by atoms with E-state index < -0.39 is 0 Å². The molecule has 0 N–H and O–H groups in total. The molecule has 1 aliphatic heterocycles. The summed E-state index contributed by atoms with van der Waals surface area (Å²) < 4.78 is 1.89. The minimum absolute atomic E-state index is 0.0963. The molecule has 8 nitrogen and oxygen atoms in total. The van der Waals surface area contributed by atoms with Gasteiger partial charge in [-0.2, -0.15) is 9.90 Å². The maximum Gasteiger partial charge on any atom is 0.276 e. The van der Waals surface area contributed by atoms with Gasteiger partial charge in [0.2, 0.25) is 0 Å². The average molecular weight is 335 g/mol. The molecule has 1 amide bonds. The van der Waals surface area contributed by atoms with Gasteiger partial charge >= 0.3 is 0 Å². The van der Waals surface area contributed by atoms with Gasteiger partial charge < -0.3 is 4.90 Å². The highest BCUT2D eigenvalue weighted by molar-refractivity contribution is 5.92. The second-order valence-corrected chi connectivity index (χ2v) is 6.62. The number of aromatic nitrogens is 6. The molecule has 8 heteroatoms. The zero-order valence-electron chi connectivity index (χ0n) is 13.6. The molecule has 0 bridgehead atoms. The number of benzene rings is 1. The molecule has 3 heterocycles. The predicted octanol–water partition coefficient (Wildman–Crippen LogP) is 1.43. The highest BCUT2D eigenvalue weighted by Gasteiger charge is 2.35. The van der Waals surface area contributed by atoms with Crippen LogP contribution in [-0.2, 0) is 0 Å². The van der Waals surface area contributed by atoms with Gasteiger partial charge in [0.15, 0.2) is 5.69 Å². The molecule has 2 fully saturated rings. The summed E-state index contributed by atoms with van der Waals surface area (Å²) >= 11 is 0. The van der Waals surface area contributed by atoms with Crippen LogP contribution >= 0.6 is 0 Å². The Balaban J connectivity index is 1.24. The molecule has 25 heavy (non-hydrogen) atoms. The SMILES string of the molecule is O=C(c1cnn(-c2ccccc2)n1)N1CC(n2cc(C3CC3)nn2)C1. The maximum atomic E-state index is 12.5. The summed E-state index contributed by atoms with van der Waals surface area (Å²) in [5.41, 5.74) is 2.27. The Morgan fingerprint density at radius 1 is 1.12 bits per heavy atom. The Hall–Kier alpha value is -3.03. The maximum absolute atomic E-state index is 12.5. The lowest BCUT2D eigenvalue weighted by Crippen LogP contribution is -2.51. The van der Waals surface area contributed by atoms with Crippen LogP contribution in [0.15, 0.2) is 42.7 Å². The van der Waals surface area contributed by atoms with Crippen LogP contribution in [0.2, 0.25) is 0 Å². The van der Waals surface area contributed by atoms with E-state index in [1.54, 1.807) is 4.90 Å². The third-order valence-corrected chi connectivity index (χ3v) is 4.75. The first-order chi connectivity index (χ1) is 12.3. The fourth-order valence-corrected chi connectivity index (χ4v) is 3.03. The number of para-hydroxylation sites is 1. The molecule has 0 spiro atoms. The Kier molecular flexibility index (Phi) is 3.16. The largest absolute Gasteiger partial charge is 0.333 e. The highest BCUT2D eigenvalue weighted by atomic mass is 16.2. The van der Waals surface area contributed by atoms with Crippen molar-refractivity contribution in [3.8, 4) is 5.69 Å². The molecular formula is C17H17N7O. The van der Waals surface area contributed by atoms with E-state index >= 15 is 0 Å². The van der Waals surface area contributed by atoms with Crippen LogP contribution in [0.25, 0.3) is 5.69 Å². The fraction of sp³-hybridized carbons (Fsp3) is 0.353. The quantitative estimate of drug-likeness (QED) is 0.720. The van der Waals surface area contributed by atoms with Gasteiger partial charge in [0.25, 0.3) is 5.91 Å². The van der Waals surface area contributed by atoms with Crippen LogP contribution in [0, 0.1) is 0 Å². The molecule has 1 saturated heterocycles. The number of likely N-dealkylation sites (tertiary alicyclic amines) is 1. The first-order valence-electron chi connectivity index (χ1n) is 8.47. The predicted molar refractivity (Wildman–Crippen MR) is 88.3 cm³/mol. The van der Waals surface area contributed by atoms with Crippen molar-refractivity contribution >= 4 is 5.91 Å². The van der Waals surface area contributed by atoms with Gasteiger partial charge in [-0.05, 0) is 25.0 Å². The van der Waals surface area contributed by atoms with Crippen molar-refractivity contribution in [3.63, 3.8) is 0 Å². The number of hydrogen-bond acceptors (Lipinski definition) is 5. The van der Waals surface area contributed by atoms with Gasteiger partial charge in [0.1, 0.15) is 0 Å². The standard InChI is InChI=1S/C17H17N7O/c25-17(15-8-18-24(20-15)13-4-2-1-3-5-13)22-9-14(10-22)23-11-16(19-21-23)12-6-7-12/h1-5,8,11-12,14H,6-7,9-10H2. The molecule has 2 aromatic heterocycles. The van der Waals surface area contributed by atoms with Crippen molar-refractivity contribution in [1.29, 1.82) is 0 Å². The number of nitrogens with zero attached hydrogens (tertiary/aromatic N) is 7. The van der Waals surface area contributed by atoms with E-state index in [4.69, 9.17) is 0 Å². The number of amides is 1. The van der Waals surface area contributed by atoms with Gasteiger partial charge in [0.05, 0.1) is 23.6 Å². The summed E-state index contributed by atoms with van der Waals surface area (Å²) in [6.45, 7) is 1.26. The summed E-state index contributed by atoms with van der Waals surface area (Å²) in [5, 5.41) is 16.9. The molecule has 0 unspecified atom stereocenters. The van der Waals surface area contributed by atoms with Gasteiger partial charge in [-0.3, -0.25) is 4.79 Å². The van der Waals surface area contributed by atoms with Crippen molar-refractivity contribution in [2.24, 2.45) is 0 Å². The molecule has 0 atom stereocenters. The van der Waals surface area contributed by atoms with Gasteiger partial charge in [-0.1, -0.05) is 23.4 Å². The summed E-state index contributed by atoms with van der Waals surface area (Å²) in [7, 11) is 0. The number of carbonyl (C=O) groups is 1. The molecule has 5 rings (SSSR count). The minimum atomic E-state index is -0.0963. The molecule has 2 aliphatic rings. The lowest BCUT2D eigenvalue weighted by atomic mass is 10.1. The zero-order valence-corrected chi connectivity index (χ0v) is 13.6. The second kappa shape index (κ2) is 5.51. The van der Waals surface area contributed by atoms with Crippen molar-refractivity contribution < 1.29 is 4.79 Å². The third kappa shape index (κ3) is 2.59. The fourth-order valence-electron chi connectivity index (χ4n) is 3.03. The van der Waals surface area contributed by atoms with E-state index in [1.807, 2.05) is 41.2 Å². The first-order valence-corrected chi connectivity index (χ1v) is 8.47. The van der Waals surface area contributed by atoms with E-state index in [1.165, 1.54) is 23.8 Å². The van der Waals surface area contributed by atoms with E-state index in [0.29, 0.717) is 24.7 Å². The number of hydrogen-bond donors (Lipinski definition) is 0. The Bertz CT molecular complexity index is 906. The summed E-state index contributed by atoms with van der Waals surface area (Å²) in [6, 6.07) is 9.75. The highest BCUT2D eigenvalue weighted by Crippen LogP contribution is 2.39. The van der Waals surface area contributed by atoms with Crippen molar-refractivity contribution in [2.75, 3.05) is 13.1 Å². The van der Waals surface area contributed by atoms with Crippen molar-refractivity contribution in [3.05, 3.63) is 54.1 Å². The molecule has 1 aromatic carbocycles. The molecule has 1 aliphatic carbocycles. The lowest BCUT2D eigenvalue weighted by Gasteiger charge is -2.38. The van der Waals surface area contributed by atoms with Crippen LogP contribution in [-0.4, -0.2) is 53.9 Å². The second-order valence-electron chi connectivity index (χ2n) is 6.62. The lowest BCUT2D eigenvalue weighted by molar-refractivity contribution is 0.0492. The van der Waals surface area contributed by atoms with Crippen molar-refractivity contribution in [1.82, 2.24) is 34.9 Å². The van der Waals surface area contributed by atoms with E-state index in [2.05, 4.69) is 20.5 Å². The topological polar surface area (TPSA) is 81.7 Å². The van der Waals surface area contributed by atoms with Crippen LogP contribution in [0.4, 0.5) is 0 Å². The Labute approximate surface area is 144 Å². The third-order valence-electron chi connectivity index (χ3n) is 4.75. The smallest absolute Gasteiger partial charge is 0.276 e. The molecule has 3 aromatic rings.